The first kappa shape index (κ1) is 11.4. The van der Waals surface area contributed by atoms with Crippen LogP contribution in [0.25, 0.3) is 0 Å². The molecule has 5 heteroatoms. The average molecular weight is 245 g/mol. The van der Waals surface area contributed by atoms with Gasteiger partial charge in [-0.1, -0.05) is 17.4 Å². The monoisotopic (exact) mass is 245 g/mol. The molecule has 0 aliphatic rings. The van der Waals surface area contributed by atoms with E-state index < -0.39 is 0 Å². The molecule has 17 heavy (non-hydrogen) atoms. The molecule has 0 amide bonds. The third-order valence-corrected chi connectivity index (χ3v) is 2.95. The van der Waals surface area contributed by atoms with Crippen LogP contribution < -0.4 is 10.5 Å². The van der Waals surface area contributed by atoms with Gasteiger partial charge < -0.3 is 10.5 Å². The fourth-order valence-electron chi connectivity index (χ4n) is 1.25. The number of thiazole rings is 1. The highest BCUT2D eigenvalue weighted by molar-refractivity contribution is 7.16. The van der Waals surface area contributed by atoms with Crippen LogP contribution in [-0.4, -0.2) is 17.1 Å². The van der Waals surface area contributed by atoms with E-state index in [-0.39, 0.29) is 0 Å². The molecule has 0 bridgehead atoms. The van der Waals surface area contributed by atoms with Crippen LogP contribution in [0.1, 0.15) is 16.3 Å². The van der Waals surface area contributed by atoms with E-state index in [0.29, 0.717) is 16.7 Å². The van der Waals surface area contributed by atoms with Crippen molar-refractivity contribution in [2.45, 2.75) is 6.92 Å². The molecule has 0 saturated carbocycles. The number of ether oxygens (including phenoxy) is 1. The first-order chi connectivity index (χ1) is 8.19. The summed E-state index contributed by atoms with van der Waals surface area (Å²) >= 11 is 1.38. The van der Waals surface area contributed by atoms with Gasteiger partial charge in [0.05, 0.1) is 12.8 Å². The quantitative estimate of drug-likeness (QED) is 0.779. The summed E-state index contributed by atoms with van der Waals surface area (Å²) in [6, 6.07) is 5.46. The van der Waals surface area contributed by atoms with Crippen molar-refractivity contribution in [2.24, 2.45) is 0 Å². The normalized spacial score (nSPS) is 9.53. The predicted molar refractivity (Wildman–Crippen MR) is 68.0 cm³/mol. The maximum Gasteiger partial charge on any atom is 0.214 e. The Balaban J connectivity index is 2.29. The number of aryl methyl sites for hydroxylation is 1. The average Bonchev–Trinajstić information content (AvgIpc) is 2.65. The summed E-state index contributed by atoms with van der Waals surface area (Å²) in [7, 11) is 1.58. The molecule has 0 fully saturated rings. The van der Waals surface area contributed by atoms with E-state index in [2.05, 4.69) is 21.8 Å². The van der Waals surface area contributed by atoms with Crippen LogP contribution in [0.3, 0.4) is 0 Å². The molecule has 0 saturated heterocycles. The highest BCUT2D eigenvalue weighted by atomic mass is 32.1. The molecule has 2 rings (SSSR count). The third-order valence-electron chi connectivity index (χ3n) is 2.05. The second-order valence-electron chi connectivity index (χ2n) is 3.28. The fraction of sp³-hybridized carbons (Fsp3) is 0.167. The number of hydrogen-bond acceptors (Lipinski definition) is 5. The predicted octanol–water partition coefficient (Wildman–Crippen LogP) is 1.84. The molecule has 0 radical (unpaired) electrons. The first-order valence-electron chi connectivity index (χ1n) is 4.95. The maximum atomic E-state index is 5.60. The van der Waals surface area contributed by atoms with E-state index in [9.17, 15) is 0 Å². The van der Waals surface area contributed by atoms with Gasteiger partial charge in [-0.2, -0.15) is 0 Å². The number of anilines is 1. The molecule has 0 aromatic carbocycles. The highest BCUT2D eigenvalue weighted by Crippen LogP contribution is 2.18. The summed E-state index contributed by atoms with van der Waals surface area (Å²) in [5.41, 5.74) is 7.11. The second kappa shape index (κ2) is 4.85. The van der Waals surface area contributed by atoms with Crippen LogP contribution in [0.15, 0.2) is 18.2 Å². The fourth-order valence-corrected chi connectivity index (χ4v) is 1.94. The number of pyridine rings is 1. The summed E-state index contributed by atoms with van der Waals surface area (Å²) in [6.07, 6.45) is 0. The van der Waals surface area contributed by atoms with Crippen molar-refractivity contribution in [3.05, 3.63) is 34.5 Å². The molecular formula is C12H11N3OS. The van der Waals surface area contributed by atoms with Gasteiger partial charge in [0.25, 0.3) is 0 Å². The number of nitrogens with zero attached hydrogens (tertiary/aromatic N) is 2. The topological polar surface area (TPSA) is 61.0 Å². The molecule has 0 aliphatic heterocycles. The highest BCUT2D eigenvalue weighted by Gasteiger charge is 2.01. The van der Waals surface area contributed by atoms with Gasteiger partial charge in [-0.25, -0.2) is 9.97 Å². The van der Waals surface area contributed by atoms with Crippen LogP contribution in [0.5, 0.6) is 5.88 Å². The summed E-state index contributed by atoms with van der Waals surface area (Å²) in [4.78, 5) is 9.17. The Hall–Kier alpha value is -2.06. The minimum Gasteiger partial charge on any atom is -0.481 e. The van der Waals surface area contributed by atoms with E-state index in [0.717, 1.165) is 10.6 Å². The Morgan fingerprint density at radius 2 is 2.12 bits per heavy atom. The Labute approximate surface area is 103 Å². The van der Waals surface area contributed by atoms with Crippen molar-refractivity contribution in [1.82, 2.24) is 9.97 Å². The zero-order valence-corrected chi connectivity index (χ0v) is 10.3. The molecule has 86 valence electrons. The molecule has 0 atom stereocenters. The number of aromatic nitrogens is 2. The number of rotatable bonds is 1. The molecule has 2 aromatic rings. The molecule has 0 unspecified atom stereocenters. The Morgan fingerprint density at radius 1 is 1.29 bits per heavy atom. The minimum absolute atomic E-state index is 0.533. The SMILES string of the molecule is COc1cccc(C#Cc2sc(N)nc2C)n1. The zero-order valence-electron chi connectivity index (χ0n) is 9.52. The Morgan fingerprint density at radius 3 is 2.76 bits per heavy atom. The van der Waals surface area contributed by atoms with E-state index in [1.54, 1.807) is 13.2 Å². The van der Waals surface area contributed by atoms with Crippen molar-refractivity contribution in [3.8, 4) is 17.7 Å². The third kappa shape index (κ3) is 2.74. The molecular weight excluding hydrogens is 234 g/mol. The van der Waals surface area contributed by atoms with Gasteiger partial charge in [0.1, 0.15) is 10.6 Å². The largest absolute Gasteiger partial charge is 0.481 e. The van der Waals surface area contributed by atoms with E-state index in [1.807, 2.05) is 19.1 Å². The van der Waals surface area contributed by atoms with Gasteiger partial charge in [0.2, 0.25) is 5.88 Å². The van der Waals surface area contributed by atoms with Gasteiger partial charge in [-0.05, 0) is 24.8 Å². The minimum atomic E-state index is 0.533. The number of nitrogen functional groups attached to an aromatic ring is 1. The van der Waals surface area contributed by atoms with Crippen LogP contribution in [0.4, 0.5) is 5.13 Å². The number of hydrogen-bond donors (Lipinski definition) is 1. The van der Waals surface area contributed by atoms with Gasteiger partial charge in [-0.3, -0.25) is 0 Å². The zero-order chi connectivity index (χ0) is 12.3. The van der Waals surface area contributed by atoms with Crippen molar-refractivity contribution >= 4 is 16.5 Å². The van der Waals surface area contributed by atoms with Crippen molar-refractivity contribution in [3.63, 3.8) is 0 Å². The van der Waals surface area contributed by atoms with Gasteiger partial charge in [0.15, 0.2) is 5.13 Å². The summed E-state index contributed by atoms with van der Waals surface area (Å²) in [5.74, 6) is 6.53. The molecule has 0 aliphatic carbocycles. The summed E-state index contributed by atoms with van der Waals surface area (Å²) in [5, 5.41) is 0.533. The van der Waals surface area contributed by atoms with E-state index in [4.69, 9.17) is 10.5 Å². The van der Waals surface area contributed by atoms with Crippen molar-refractivity contribution in [1.29, 1.82) is 0 Å². The summed E-state index contributed by atoms with van der Waals surface area (Å²) in [6.45, 7) is 1.88. The van der Waals surface area contributed by atoms with Crippen molar-refractivity contribution < 1.29 is 4.74 Å². The lowest BCUT2D eigenvalue weighted by Crippen LogP contribution is -1.89. The number of nitrogens with two attached hydrogens (primary N) is 1. The van der Waals surface area contributed by atoms with E-state index >= 15 is 0 Å². The molecule has 2 heterocycles. The first-order valence-corrected chi connectivity index (χ1v) is 5.76. The van der Waals surface area contributed by atoms with Crippen LogP contribution in [-0.2, 0) is 0 Å². The Bertz CT molecular complexity index is 595. The number of methoxy groups -OCH3 is 1. The van der Waals surface area contributed by atoms with Crippen LogP contribution in [0.2, 0.25) is 0 Å². The van der Waals surface area contributed by atoms with E-state index in [1.165, 1.54) is 11.3 Å². The molecule has 0 spiro atoms. The Kier molecular flexibility index (Phi) is 3.26. The van der Waals surface area contributed by atoms with Gasteiger partial charge >= 0.3 is 0 Å². The van der Waals surface area contributed by atoms with Crippen LogP contribution >= 0.6 is 11.3 Å². The maximum absolute atomic E-state index is 5.60. The lowest BCUT2D eigenvalue weighted by Gasteiger charge is -1.96. The van der Waals surface area contributed by atoms with Gasteiger partial charge in [-0.15, -0.1) is 0 Å². The smallest absolute Gasteiger partial charge is 0.214 e. The summed E-state index contributed by atoms with van der Waals surface area (Å²) < 4.78 is 5.03. The lowest BCUT2D eigenvalue weighted by atomic mass is 10.3. The molecule has 4 nitrogen and oxygen atoms in total. The van der Waals surface area contributed by atoms with Crippen LogP contribution in [0, 0.1) is 18.8 Å². The lowest BCUT2D eigenvalue weighted by molar-refractivity contribution is 0.397. The second-order valence-corrected chi connectivity index (χ2v) is 4.31. The molecule has 2 aromatic heterocycles. The van der Waals surface area contributed by atoms with Gasteiger partial charge in [0, 0.05) is 6.07 Å². The standard InChI is InChI=1S/C12H11N3OS/c1-8-10(17-12(13)14-8)7-6-9-4-3-5-11(15-9)16-2/h3-5H,1-2H3,(H2,13,14). The van der Waals surface area contributed by atoms with Crippen molar-refractivity contribution in [2.75, 3.05) is 12.8 Å². The molecule has 2 N–H and O–H groups in total.